The Morgan fingerprint density at radius 1 is 0.731 bits per heavy atom. The molecule has 0 aliphatic heterocycles. The van der Waals surface area contributed by atoms with Crippen LogP contribution in [0.4, 0.5) is 0 Å². The molecule has 0 fully saturated rings. The molecular weight excluding hydrogens is 400 g/mol. The summed E-state index contributed by atoms with van der Waals surface area (Å²) in [6.45, 7) is 6.75. The normalized spacial score (nSPS) is 13.0. The first kappa shape index (κ1) is 19.1. The van der Waals surface area contributed by atoms with Crippen molar-refractivity contribution in [1.29, 1.82) is 0 Å². The molecule has 3 heteroatoms. The van der Waals surface area contributed by atoms with Gasteiger partial charge in [-0.3, -0.25) is 0 Å². The van der Waals surface area contributed by atoms with Crippen molar-refractivity contribution >= 4 is 35.3 Å². The number of halogens is 1. The van der Waals surface area contributed by atoms with Crippen LogP contribution in [0.1, 0.15) is 32.4 Å². The molecule has 134 valence electrons. The molecule has 1 unspecified atom stereocenters. The van der Waals surface area contributed by atoms with Crippen molar-refractivity contribution in [2.24, 2.45) is 5.41 Å². The van der Waals surface area contributed by atoms with Crippen molar-refractivity contribution in [2.45, 2.75) is 26.9 Å². The van der Waals surface area contributed by atoms with Gasteiger partial charge in [-0.05, 0) is 33.5 Å². The van der Waals surface area contributed by atoms with Gasteiger partial charge in [0, 0.05) is 4.47 Å². The van der Waals surface area contributed by atoms with E-state index >= 15 is 0 Å². The lowest BCUT2D eigenvalue weighted by Gasteiger charge is -2.35. The standard InChI is InChI=1S/C23H25BrOSi/c1-23(2,3)22(18-14-16-19(24)17-15-18)25-26(20-10-6-4-7-11-20)21-12-8-5-9-13-21/h4-17,22,26H,1-3H3. The third kappa shape index (κ3) is 4.73. The summed E-state index contributed by atoms with van der Waals surface area (Å²) >= 11 is 3.54. The molecular formula is C23H25BrOSi. The van der Waals surface area contributed by atoms with E-state index in [4.69, 9.17) is 4.43 Å². The van der Waals surface area contributed by atoms with Crippen LogP contribution in [0.5, 0.6) is 0 Å². The molecule has 0 amide bonds. The van der Waals surface area contributed by atoms with Crippen LogP contribution in [-0.4, -0.2) is 9.04 Å². The highest BCUT2D eigenvalue weighted by Gasteiger charge is 2.31. The van der Waals surface area contributed by atoms with Gasteiger partial charge in [-0.2, -0.15) is 0 Å². The van der Waals surface area contributed by atoms with Crippen molar-refractivity contribution < 1.29 is 4.43 Å². The molecule has 3 aromatic carbocycles. The molecule has 0 radical (unpaired) electrons. The zero-order chi connectivity index (χ0) is 18.6. The van der Waals surface area contributed by atoms with Gasteiger partial charge in [-0.15, -0.1) is 0 Å². The topological polar surface area (TPSA) is 9.23 Å². The monoisotopic (exact) mass is 424 g/mol. The Balaban J connectivity index is 2.01. The van der Waals surface area contributed by atoms with Crippen LogP contribution >= 0.6 is 15.9 Å². The van der Waals surface area contributed by atoms with Crippen LogP contribution in [0.2, 0.25) is 0 Å². The SMILES string of the molecule is CC(C)(C)C(O[SiH](c1ccccc1)c1ccccc1)c1ccc(Br)cc1. The van der Waals surface area contributed by atoms with Gasteiger partial charge in [-0.25, -0.2) is 0 Å². The maximum Gasteiger partial charge on any atom is 0.240 e. The van der Waals surface area contributed by atoms with Crippen LogP contribution in [0.3, 0.4) is 0 Å². The van der Waals surface area contributed by atoms with E-state index in [0.29, 0.717) is 0 Å². The van der Waals surface area contributed by atoms with Gasteiger partial charge in [0.2, 0.25) is 9.04 Å². The van der Waals surface area contributed by atoms with Crippen LogP contribution in [0.15, 0.2) is 89.4 Å². The molecule has 0 saturated heterocycles. The van der Waals surface area contributed by atoms with Gasteiger partial charge in [0.15, 0.2) is 0 Å². The predicted molar refractivity (Wildman–Crippen MR) is 117 cm³/mol. The van der Waals surface area contributed by atoms with Crippen LogP contribution in [0.25, 0.3) is 0 Å². The van der Waals surface area contributed by atoms with Gasteiger partial charge in [0.05, 0.1) is 6.10 Å². The Hall–Kier alpha value is -1.68. The van der Waals surface area contributed by atoms with Crippen molar-refractivity contribution in [2.75, 3.05) is 0 Å². The Bertz CT molecular complexity index is 771. The minimum atomic E-state index is -1.80. The maximum absolute atomic E-state index is 6.94. The number of hydrogen-bond acceptors (Lipinski definition) is 1. The van der Waals surface area contributed by atoms with Crippen molar-refractivity contribution in [3.05, 3.63) is 95.0 Å². The summed E-state index contributed by atoms with van der Waals surface area (Å²) in [5, 5.41) is 2.62. The van der Waals surface area contributed by atoms with E-state index in [9.17, 15) is 0 Å². The summed E-state index contributed by atoms with van der Waals surface area (Å²) in [5.74, 6) is 0. The zero-order valence-corrected chi connectivity index (χ0v) is 18.3. The predicted octanol–water partition coefficient (Wildman–Crippen LogP) is 5.09. The Morgan fingerprint density at radius 3 is 1.62 bits per heavy atom. The lowest BCUT2D eigenvalue weighted by atomic mass is 9.85. The number of hydrogen-bond donors (Lipinski definition) is 0. The molecule has 0 aliphatic carbocycles. The average molecular weight is 425 g/mol. The van der Waals surface area contributed by atoms with Gasteiger partial charge in [-0.1, -0.05) is 109 Å². The van der Waals surface area contributed by atoms with Crippen LogP contribution in [0, 0.1) is 5.41 Å². The molecule has 26 heavy (non-hydrogen) atoms. The first-order valence-corrected chi connectivity index (χ1v) is 11.4. The van der Waals surface area contributed by atoms with Gasteiger partial charge in [0.25, 0.3) is 0 Å². The smallest absolute Gasteiger partial charge is 0.240 e. The van der Waals surface area contributed by atoms with Crippen LogP contribution in [-0.2, 0) is 4.43 Å². The van der Waals surface area contributed by atoms with E-state index in [0.717, 1.165) is 4.47 Å². The highest BCUT2D eigenvalue weighted by atomic mass is 79.9. The Morgan fingerprint density at radius 2 is 1.19 bits per heavy atom. The fourth-order valence-electron chi connectivity index (χ4n) is 3.16. The molecule has 3 aromatic rings. The van der Waals surface area contributed by atoms with E-state index in [-0.39, 0.29) is 11.5 Å². The zero-order valence-electron chi connectivity index (χ0n) is 15.5. The van der Waals surface area contributed by atoms with E-state index in [2.05, 4.69) is 122 Å². The molecule has 0 saturated carbocycles. The van der Waals surface area contributed by atoms with Crippen molar-refractivity contribution in [3.63, 3.8) is 0 Å². The average Bonchev–Trinajstić information content (AvgIpc) is 2.64. The minimum Gasteiger partial charge on any atom is -0.403 e. The van der Waals surface area contributed by atoms with Gasteiger partial charge >= 0.3 is 0 Å². The third-order valence-corrected chi connectivity index (χ3v) is 7.49. The maximum atomic E-state index is 6.94. The van der Waals surface area contributed by atoms with E-state index < -0.39 is 9.04 Å². The second-order valence-electron chi connectivity index (χ2n) is 7.64. The molecule has 1 nitrogen and oxygen atoms in total. The van der Waals surface area contributed by atoms with Crippen molar-refractivity contribution in [1.82, 2.24) is 0 Å². The summed E-state index contributed by atoms with van der Waals surface area (Å²) in [6.07, 6.45) is 0.0349. The van der Waals surface area contributed by atoms with E-state index in [1.54, 1.807) is 0 Å². The second kappa shape index (κ2) is 8.34. The van der Waals surface area contributed by atoms with Crippen LogP contribution < -0.4 is 10.4 Å². The first-order valence-electron chi connectivity index (χ1n) is 8.96. The quantitative estimate of drug-likeness (QED) is 0.518. The molecule has 0 spiro atoms. The fourth-order valence-corrected chi connectivity index (χ4v) is 6.11. The molecule has 0 bridgehead atoms. The lowest BCUT2D eigenvalue weighted by Crippen LogP contribution is -2.47. The summed E-state index contributed by atoms with van der Waals surface area (Å²) < 4.78 is 8.03. The van der Waals surface area contributed by atoms with Gasteiger partial charge < -0.3 is 4.43 Å². The largest absolute Gasteiger partial charge is 0.403 e. The van der Waals surface area contributed by atoms with Crippen molar-refractivity contribution in [3.8, 4) is 0 Å². The third-order valence-electron chi connectivity index (χ3n) is 4.44. The highest BCUT2D eigenvalue weighted by molar-refractivity contribution is 9.10. The Labute approximate surface area is 166 Å². The molecule has 0 aliphatic rings. The molecule has 1 atom stereocenters. The number of benzene rings is 3. The summed E-state index contributed by atoms with van der Waals surface area (Å²) in [4.78, 5) is 0. The summed E-state index contributed by atoms with van der Waals surface area (Å²) in [7, 11) is -1.80. The summed E-state index contributed by atoms with van der Waals surface area (Å²) in [6, 6.07) is 29.9. The second-order valence-corrected chi connectivity index (χ2v) is 10.9. The van der Waals surface area contributed by atoms with Gasteiger partial charge in [0.1, 0.15) is 0 Å². The highest BCUT2D eigenvalue weighted by Crippen LogP contribution is 2.37. The summed E-state index contributed by atoms with van der Waals surface area (Å²) in [5.41, 5.74) is 1.23. The molecule has 3 rings (SSSR count). The molecule has 0 N–H and O–H groups in total. The molecule has 0 aromatic heterocycles. The van der Waals surface area contributed by atoms with E-state index in [1.165, 1.54) is 15.9 Å². The van der Waals surface area contributed by atoms with E-state index in [1.807, 2.05) is 0 Å². The molecule has 0 heterocycles. The number of rotatable bonds is 5. The fraction of sp³-hybridized carbons (Fsp3) is 0.217. The Kier molecular flexibility index (Phi) is 6.12. The lowest BCUT2D eigenvalue weighted by molar-refractivity contribution is 0.0897. The minimum absolute atomic E-state index is 0.00262. The first-order chi connectivity index (χ1) is 12.4.